The fraction of sp³-hybridized carbons (Fsp3) is 0.833. The molecular formula is C12H20ClN3O. The van der Waals surface area contributed by atoms with Gasteiger partial charge in [0.1, 0.15) is 0 Å². The molecule has 0 spiro atoms. The minimum absolute atomic E-state index is 0.517. The van der Waals surface area contributed by atoms with Gasteiger partial charge in [-0.05, 0) is 18.8 Å². The number of alkyl halides is 1. The summed E-state index contributed by atoms with van der Waals surface area (Å²) in [6.07, 6.45) is 8.81. The molecule has 1 aromatic heterocycles. The Kier molecular flexibility index (Phi) is 5.10. The highest BCUT2D eigenvalue weighted by Crippen LogP contribution is 2.28. The van der Waals surface area contributed by atoms with Gasteiger partial charge in [-0.2, -0.15) is 0 Å². The summed E-state index contributed by atoms with van der Waals surface area (Å²) in [7, 11) is 0. The molecule has 1 saturated carbocycles. The molecule has 0 aliphatic heterocycles. The van der Waals surface area contributed by atoms with Gasteiger partial charge in [0.25, 0.3) is 0 Å². The van der Waals surface area contributed by atoms with Crippen molar-refractivity contribution < 1.29 is 4.42 Å². The lowest BCUT2D eigenvalue weighted by molar-refractivity contribution is 0.483. The highest BCUT2D eigenvalue weighted by atomic mass is 35.5. The summed E-state index contributed by atoms with van der Waals surface area (Å²) in [5, 5.41) is 11.0. The standard InChI is InChI=1S/C12H20ClN3O/c13-8-7-11-15-16-12(17-11)14-9-3-6-10-4-1-2-5-10/h10H,1-9H2,(H,14,16). The maximum atomic E-state index is 5.60. The lowest BCUT2D eigenvalue weighted by Crippen LogP contribution is -2.04. The van der Waals surface area contributed by atoms with Gasteiger partial charge in [0, 0.05) is 18.8 Å². The van der Waals surface area contributed by atoms with Crippen LogP contribution in [0.3, 0.4) is 0 Å². The molecule has 5 heteroatoms. The Morgan fingerprint density at radius 3 is 2.88 bits per heavy atom. The van der Waals surface area contributed by atoms with Crippen molar-refractivity contribution in [2.75, 3.05) is 17.7 Å². The fourth-order valence-corrected chi connectivity index (χ4v) is 2.55. The van der Waals surface area contributed by atoms with E-state index in [0.717, 1.165) is 12.5 Å². The Bertz CT molecular complexity index is 323. The number of hydrogen-bond acceptors (Lipinski definition) is 4. The quantitative estimate of drug-likeness (QED) is 0.602. The van der Waals surface area contributed by atoms with Crippen molar-refractivity contribution in [1.29, 1.82) is 0 Å². The molecule has 1 aromatic rings. The number of hydrogen-bond donors (Lipinski definition) is 1. The van der Waals surface area contributed by atoms with Gasteiger partial charge < -0.3 is 9.73 Å². The van der Waals surface area contributed by atoms with Crippen LogP contribution < -0.4 is 5.32 Å². The van der Waals surface area contributed by atoms with Crippen LogP contribution in [0.1, 0.15) is 44.4 Å². The van der Waals surface area contributed by atoms with Crippen LogP contribution in [0.4, 0.5) is 6.01 Å². The van der Waals surface area contributed by atoms with Gasteiger partial charge in [0.05, 0.1) is 0 Å². The molecule has 1 aliphatic rings. The normalized spacial score (nSPS) is 16.5. The zero-order valence-corrected chi connectivity index (χ0v) is 10.9. The van der Waals surface area contributed by atoms with Crippen LogP contribution in [-0.4, -0.2) is 22.6 Å². The maximum Gasteiger partial charge on any atom is 0.315 e. The molecule has 0 amide bonds. The predicted octanol–water partition coefficient (Wildman–Crippen LogP) is 3.23. The number of aryl methyl sites for hydroxylation is 1. The largest absolute Gasteiger partial charge is 0.408 e. The van der Waals surface area contributed by atoms with Gasteiger partial charge in [-0.25, -0.2) is 0 Å². The van der Waals surface area contributed by atoms with Crippen LogP contribution in [0, 0.1) is 5.92 Å². The SMILES string of the molecule is ClCCc1nnc(NCCCC2CCCC2)o1. The molecule has 17 heavy (non-hydrogen) atoms. The van der Waals surface area contributed by atoms with E-state index in [1.165, 1.54) is 38.5 Å². The van der Waals surface area contributed by atoms with Crippen molar-refractivity contribution in [2.45, 2.75) is 44.9 Å². The predicted molar refractivity (Wildman–Crippen MR) is 68.4 cm³/mol. The zero-order chi connectivity index (χ0) is 11.9. The second-order valence-corrected chi connectivity index (χ2v) is 5.04. The number of aromatic nitrogens is 2. The summed E-state index contributed by atoms with van der Waals surface area (Å²) < 4.78 is 5.38. The minimum atomic E-state index is 0.517. The summed E-state index contributed by atoms with van der Waals surface area (Å²) in [5.41, 5.74) is 0. The zero-order valence-electron chi connectivity index (χ0n) is 10.1. The average Bonchev–Trinajstić information content (AvgIpc) is 2.96. The topological polar surface area (TPSA) is 51.0 Å². The molecule has 0 aromatic carbocycles. The van der Waals surface area contributed by atoms with Crippen molar-refractivity contribution in [2.24, 2.45) is 5.92 Å². The average molecular weight is 258 g/mol. The van der Waals surface area contributed by atoms with Gasteiger partial charge in [-0.1, -0.05) is 30.8 Å². The molecule has 0 atom stereocenters. The molecule has 1 fully saturated rings. The summed E-state index contributed by atoms with van der Waals surface area (Å²) in [4.78, 5) is 0. The first-order valence-electron chi connectivity index (χ1n) is 6.50. The summed E-state index contributed by atoms with van der Waals surface area (Å²) in [6, 6.07) is 0.525. The van der Waals surface area contributed by atoms with E-state index in [1.807, 2.05) is 0 Å². The van der Waals surface area contributed by atoms with Crippen molar-refractivity contribution in [3.05, 3.63) is 5.89 Å². The van der Waals surface area contributed by atoms with Crippen LogP contribution in [0.25, 0.3) is 0 Å². The van der Waals surface area contributed by atoms with Gasteiger partial charge >= 0.3 is 6.01 Å². The van der Waals surface area contributed by atoms with Crippen LogP contribution in [0.15, 0.2) is 4.42 Å². The van der Waals surface area contributed by atoms with E-state index in [0.29, 0.717) is 24.2 Å². The van der Waals surface area contributed by atoms with E-state index in [-0.39, 0.29) is 0 Å². The first-order chi connectivity index (χ1) is 8.38. The fourth-order valence-electron chi connectivity index (χ4n) is 2.39. The number of nitrogens with one attached hydrogen (secondary N) is 1. The van der Waals surface area contributed by atoms with E-state index >= 15 is 0 Å². The Balaban J connectivity index is 1.60. The Morgan fingerprint density at radius 1 is 1.29 bits per heavy atom. The van der Waals surface area contributed by atoms with Gasteiger partial charge in [-0.15, -0.1) is 16.7 Å². The second kappa shape index (κ2) is 6.84. The van der Waals surface area contributed by atoms with E-state index in [9.17, 15) is 0 Å². The van der Waals surface area contributed by atoms with Crippen molar-refractivity contribution in [3.8, 4) is 0 Å². The van der Waals surface area contributed by atoms with Crippen LogP contribution in [0.2, 0.25) is 0 Å². The lowest BCUT2D eigenvalue weighted by atomic mass is 10.0. The highest BCUT2D eigenvalue weighted by Gasteiger charge is 2.14. The molecular weight excluding hydrogens is 238 g/mol. The molecule has 1 heterocycles. The molecule has 1 aliphatic carbocycles. The molecule has 2 rings (SSSR count). The minimum Gasteiger partial charge on any atom is -0.408 e. The summed E-state index contributed by atoms with van der Waals surface area (Å²) in [6.45, 7) is 0.916. The molecule has 1 N–H and O–H groups in total. The number of rotatable bonds is 7. The maximum absolute atomic E-state index is 5.60. The number of halogens is 1. The Labute approximate surface area is 107 Å². The third kappa shape index (κ3) is 4.19. The molecule has 96 valence electrons. The number of nitrogens with zero attached hydrogens (tertiary/aromatic N) is 2. The van der Waals surface area contributed by atoms with Crippen molar-refractivity contribution in [3.63, 3.8) is 0 Å². The molecule has 4 nitrogen and oxygen atoms in total. The Hall–Kier alpha value is -0.770. The Morgan fingerprint density at radius 2 is 2.12 bits per heavy atom. The van der Waals surface area contributed by atoms with Gasteiger partial charge in [0.15, 0.2) is 0 Å². The molecule has 0 radical (unpaired) electrons. The molecule has 0 bridgehead atoms. The van der Waals surface area contributed by atoms with Crippen LogP contribution in [-0.2, 0) is 6.42 Å². The van der Waals surface area contributed by atoms with Crippen molar-refractivity contribution in [1.82, 2.24) is 10.2 Å². The van der Waals surface area contributed by atoms with Crippen molar-refractivity contribution >= 4 is 17.6 Å². The summed E-state index contributed by atoms with van der Waals surface area (Å²) >= 11 is 5.60. The van der Waals surface area contributed by atoms with Gasteiger partial charge in [-0.3, -0.25) is 0 Å². The van der Waals surface area contributed by atoms with E-state index in [2.05, 4.69) is 15.5 Å². The highest BCUT2D eigenvalue weighted by molar-refractivity contribution is 6.17. The first-order valence-corrected chi connectivity index (χ1v) is 7.04. The molecule has 0 unspecified atom stereocenters. The van der Waals surface area contributed by atoms with E-state index in [1.54, 1.807) is 0 Å². The summed E-state index contributed by atoms with van der Waals surface area (Å²) in [5.74, 6) is 2.08. The first kappa shape index (κ1) is 12.7. The van der Waals surface area contributed by atoms with E-state index in [4.69, 9.17) is 16.0 Å². The monoisotopic (exact) mass is 257 g/mol. The number of anilines is 1. The van der Waals surface area contributed by atoms with Gasteiger partial charge in [0.2, 0.25) is 5.89 Å². The van der Waals surface area contributed by atoms with Crippen LogP contribution in [0.5, 0.6) is 0 Å². The third-order valence-electron chi connectivity index (χ3n) is 3.32. The smallest absolute Gasteiger partial charge is 0.315 e. The lowest BCUT2D eigenvalue weighted by Gasteiger charge is -2.07. The van der Waals surface area contributed by atoms with E-state index < -0.39 is 0 Å². The van der Waals surface area contributed by atoms with Crippen LogP contribution >= 0.6 is 11.6 Å². The second-order valence-electron chi connectivity index (χ2n) is 4.66. The molecule has 0 saturated heterocycles. The third-order valence-corrected chi connectivity index (χ3v) is 3.50.